The summed E-state index contributed by atoms with van der Waals surface area (Å²) in [5.41, 5.74) is 5.48. The lowest BCUT2D eigenvalue weighted by Crippen LogP contribution is -2.52. The highest BCUT2D eigenvalue weighted by Gasteiger charge is 2.32. The molecule has 0 saturated heterocycles. The number of hydrogen-bond acceptors (Lipinski definition) is 6. The van der Waals surface area contributed by atoms with Crippen molar-refractivity contribution in [3.8, 4) is 0 Å². The molecule has 6 N–H and O–H groups in total. The smallest absolute Gasteiger partial charge is 0.152 e. The minimum absolute atomic E-state index is 0.244. The predicted octanol–water partition coefficient (Wildman–Crippen LogP) is -1.46. The normalized spacial score (nSPS) is 18.5. The maximum Gasteiger partial charge on any atom is 0.152 e. The summed E-state index contributed by atoms with van der Waals surface area (Å²) < 4.78 is 0. The maximum absolute atomic E-state index is 11.5. The first-order valence-electron chi connectivity index (χ1n) is 5.89. The molecule has 0 aliphatic heterocycles. The van der Waals surface area contributed by atoms with Gasteiger partial charge in [0.05, 0.1) is 12.6 Å². The second-order valence-electron chi connectivity index (χ2n) is 4.18. The van der Waals surface area contributed by atoms with Gasteiger partial charge in [0, 0.05) is 6.42 Å². The van der Waals surface area contributed by atoms with Crippen LogP contribution in [-0.2, 0) is 4.79 Å². The summed E-state index contributed by atoms with van der Waals surface area (Å²) in [4.78, 5) is 11.5. The van der Waals surface area contributed by atoms with E-state index in [0.717, 1.165) is 12.8 Å². The Balaban J connectivity index is 4.18. The number of nitrogens with two attached hydrogens (primary N) is 1. The Morgan fingerprint density at radius 2 is 1.76 bits per heavy atom. The molecule has 0 aliphatic carbocycles. The van der Waals surface area contributed by atoms with Crippen molar-refractivity contribution in [3.63, 3.8) is 0 Å². The molecule has 0 rings (SSSR count). The van der Waals surface area contributed by atoms with E-state index in [1.54, 1.807) is 0 Å². The van der Waals surface area contributed by atoms with E-state index in [0.29, 0.717) is 6.42 Å². The molecule has 17 heavy (non-hydrogen) atoms. The van der Waals surface area contributed by atoms with E-state index >= 15 is 0 Å². The number of carbonyl (C=O) groups is 1. The van der Waals surface area contributed by atoms with Gasteiger partial charge in [0.25, 0.3) is 0 Å². The topological polar surface area (TPSA) is 124 Å². The van der Waals surface area contributed by atoms with E-state index in [1.165, 1.54) is 0 Å². The molecule has 0 spiro atoms. The summed E-state index contributed by atoms with van der Waals surface area (Å²) in [5.74, 6) is -0.352. The van der Waals surface area contributed by atoms with Crippen molar-refractivity contribution >= 4 is 5.78 Å². The molecule has 0 bridgehead atoms. The van der Waals surface area contributed by atoms with Crippen molar-refractivity contribution in [2.45, 2.75) is 57.0 Å². The molecular formula is C11H23NO5. The van der Waals surface area contributed by atoms with E-state index < -0.39 is 31.0 Å². The van der Waals surface area contributed by atoms with Crippen LogP contribution in [0.3, 0.4) is 0 Å². The Labute approximate surface area is 101 Å². The molecular weight excluding hydrogens is 226 g/mol. The van der Waals surface area contributed by atoms with Crippen LogP contribution in [-0.4, -0.2) is 57.2 Å². The van der Waals surface area contributed by atoms with Gasteiger partial charge < -0.3 is 26.2 Å². The second-order valence-corrected chi connectivity index (χ2v) is 4.18. The molecule has 0 fully saturated rings. The van der Waals surface area contributed by atoms with Gasteiger partial charge in [-0.05, 0) is 6.42 Å². The number of Topliss-reactive ketones (excluding diaryl/α,β-unsaturated/α-hetero) is 1. The van der Waals surface area contributed by atoms with E-state index in [-0.39, 0.29) is 12.2 Å². The number of unbranched alkanes of at least 4 members (excludes halogenated alkanes) is 2. The molecule has 6 nitrogen and oxygen atoms in total. The third-order valence-corrected chi connectivity index (χ3v) is 2.70. The summed E-state index contributed by atoms with van der Waals surface area (Å²) in [6.07, 6.45) is -1.88. The van der Waals surface area contributed by atoms with Gasteiger partial charge in [-0.2, -0.15) is 0 Å². The Kier molecular flexibility index (Phi) is 8.28. The van der Waals surface area contributed by atoms with Gasteiger partial charge in [-0.25, -0.2) is 0 Å². The zero-order chi connectivity index (χ0) is 13.4. The first-order valence-corrected chi connectivity index (χ1v) is 5.89. The highest BCUT2D eigenvalue weighted by Crippen LogP contribution is 2.08. The van der Waals surface area contributed by atoms with Gasteiger partial charge in [-0.15, -0.1) is 0 Å². The third-order valence-electron chi connectivity index (χ3n) is 2.70. The fourth-order valence-corrected chi connectivity index (χ4v) is 1.45. The van der Waals surface area contributed by atoms with Crippen molar-refractivity contribution in [1.29, 1.82) is 0 Å². The van der Waals surface area contributed by atoms with E-state index in [1.807, 2.05) is 6.92 Å². The van der Waals surface area contributed by atoms with Gasteiger partial charge in [-0.3, -0.25) is 4.79 Å². The summed E-state index contributed by atoms with van der Waals surface area (Å²) in [5, 5.41) is 36.6. The van der Waals surface area contributed by atoms with Crippen LogP contribution in [0.15, 0.2) is 0 Å². The van der Waals surface area contributed by atoms with Crippen molar-refractivity contribution in [3.05, 3.63) is 0 Å². The Bertz CT molecular complexity index is 224. The largest absolute Gasteiger partial charge is 0.394 e. The first-order chi connectivity index (χ1) is 7.95. The fourth-order valence-electron chi connectivity index (χ4n) is 1.45. The summed E-state index contributed by atoms with van der Waals surface area (Å²) in [6, 6.07) is -1.23. The highest BCUT2D eigenvalue weighted by molar-refractivity contribution is 5.84. The molecule has 0 radical (unpaired) electrons. The number of aliphatic hydroxyl groups excluding tert-OH is 4. The number of ketones is 1. The molecule has 0 aromatic rings. The molecule has 4 atom stereocenters. The van der Waals surface area contributed by atoms with Gasteiger partial charge in [0.15, 0.2) is 5.78 Å². The average Bonchev–Trinajstić information content (AvgIpc) is 2.35. The predicted molar refractivity (Wildman–Crippen MR) is 62.2 cm³/mol. The average molecular weight is 249 g/mol. The lowest BCUT2D eigenvalue weighted by molar-refractivity contribution is -0.129. The van der Waals surface area contributed by atoms with E-state index in [9.17, 15) is 15.0 Å². The number of aliphatic hydroxyl groups is 4. The van der Waals surface area contributed by atoms with Crippen LogP contribution in [0.1, 0.15) is 32.6 Å². The minimum Gasteiger partial charge on any atom is -0.394 e. The van der Waals surface area contributed by atoms with Crippen LogP contribution in [0.2, 0.25) is 0 Å². The highest BCUT2D eigenvalue weighted by atomic mass is 16.4. The lowest BCUT2D eigenvalue weighted by atomic mass is 9.96. The molecule has 0 unspecified atom stereocenters. The zero-order valence-electron chi connectivity index (χ0n) is 10.1. The summed E-state index contributed by atoms with van der Waals surface area (Å²) in [7, 11) is 0. The first kappa shape index (κ1) is 16.5. The molecule has 0 amide bonds. The van der Waals surface area contributed by atoms with Crippen molar-refractivity contribution in [2.24, 2.45) is 5.73 Å². The van der Waals surface area contributed by atoms with Crippen molar-refractivity contribution < 1.29 is 25.2 Å². The van der Waals surface area contributed by atoms with Crippen molar-refractivity contribution in [1.82, 2.24) is 0 Å². The summed E-state index contributed by atoms with van der Waals surface area (Å²) >= 11 is 0. The summed E-state index contributed by atoms with van der Waals surface area (Å²) in [6.45, 7) is 1.30. The van der Waals surface area contributed by atoms with E-state index in [2.05, 4.69) is 0 Å². The van der Waals surface area contributed by atoms with Gasteiger partial charge in [-0.1, -0.05) is 19.8 Å². The Hall–Kier alpha value is -0.530. The molecule has 0 aromatic carbocycles. The van der Waals surface area contributed by atoms with Gasteiger partial charge in [0.1, 0.15) is 18.3 Å². The second kappa shape index (κ2) is 8.54. The zero-order valence-corrected chi connectivity index (χ0v) is 10.1. The number of hydrogen-bond donors (Lipinski definition) is 5. The monoisotopic (exact) mass is 249 g/mol. The molecule has 0 aromatic heterocycles. The van der Waals surface area contributed by atoms with Crippen molar-refractivity contribution in [2.75, 3.05) is 6.61 Å². The number of rotatable bonds is 9. The lowest BCUT2D eigenvalue weighted by Gasteiger charge is -2.25. The van der Waals surface area contributed by atoms with Crippen LogP contribution in [0.4, 0.5) is 0 Å². The van der Waals surface area contributed by atoms with Gasteiger partial charge in [0.2, 0.25) is 0 Å². The molecule has 0 saturated carbocycles. The quantitative estimate of drug-likeness (QED) is 0.318. The van der Waals surface area contributed by atoms with Crippen LogP contribution in [0.25, 0.3) is 0 Å². The molecule has 6 heteroatoms. The maximum atomic E-state index is 11.5. The van der Waals surface area contributed by atoms with E-state index in [4.69, 9.17) is 15.9 Å². The molecule has 102 valence electrons. The number of carbonyl (C=O) groups excluding carboxylic acids is 1. The standard InChI is InChI=1S/C11H23NO5/c1-2-3-4-5-7(14)9(12)11(17)10(16)8(15)6-13/h8-11,13,15-17H,2-6,12H2,1H3/t8-,9+,10+,11-/m1/s1. The van der Waals surface area contributed by atoms with Gasteiger partial charge >= 0.3 is 0 Å². The Morgan fingerprint density at radius 3 is 2.24 bits per heavy atom. The van der Waals surface area contributed by atoms with Crippen LogP contribution < -0.4 is 5.73 Å². The van der Waals surface area contributed by atoms with Crippen LogP contribution >= 0.6 is 0 Å². The molecule has 0 heterocycles. The fraction of sp³-hybridized carbons (Fsp3) is 0.909. The minimum atomic E-state index is -1.62. The SMILES string of the molecule is CCCCCC(=O)[C@H](N)[C@@H](O)[C@@H](O)[C@H](O)CO. The van der Waals surface area contributed by atoms with Crippen LogP contribution in [0, 0.1) is 0 Å². The van der Waals surface area contributed by atoms with Crippen LogP contribution in [0.5, 0.6) is 0 Å². The molecule has 0 aliphatic rings. The third kappa shape index (κ3) is 5.56. The Morgan fingerprint density at radius 1 is 1.18 bits per heavy atom.